The largest absolute Gasteiger partial charge is 0.491 e. The Balaban J connectivity index is 1.45. The Hall–Kier alpha value is -3.31. The molecule has 0 aromatic heterocycles. The van der Waals surface area contributed by atoms with E-state index in [9.17, 15) is 4.79 Å². The second kappa shape index (κ2) is 8.37. The topological polar surface area (TPSA) is 67.8 Å². The van der Waals surface area contributed by atoms with Gasteiger partial charge in [0.05, 0.1) is 6.61 Å². The second-order valence-electron chi connectivity index (χ2n) is 7.06. The van der Waals surface area contributed by atoms with E-state index in [0.29, 0.717) is 11.4 Å². The predicted molar refractivity (Wildman–Crippen MR) is 112 cm³/mol. The van der Waals surface area contributed by atoms with Crippen molar-refractivity contribution >= 4 is 11.8 Å². The third kappa shape index (κ3) is 4.10. The molecule has 2 N–H and O–H groups in total. The summed E-state index contributed by atoms with van der Waals surface area (Å²) in [6.07, 6.45) is -0.509. The molecule has 0 saturated heterocycles. The van der Waals surface area contributed by atoms with Crippen molar-refractivity contribution < 1.29 is 19.4 Å². The van der Waals surface area contributed by atoms with Gasteiger partial charge in [-0.25, -0.2) is 4.79 Å². The van der Waals surface area contributed by atoms with E-state index < -0.39 is 6.09 Å². The van der Waals surface area contributed by atoms with Gasteiger partial charge in [-0.15, -0.1) is 0 Å². The standard InChI is InChI=1S/C24H23NO4/c1-16-12-17(14-18(13-16)28-11-10-26)25-24(27)29-15-23-21-8-4-2-6-19(21)20-7-3-5-9-22(20)23/h2-9,12-14,23,26H,10-11,15H2,1H3,(H,25,27). The first-order valence-electron chi connectivity index (χ1n) is 9.63. The average molecular weight is 389 g/mol. The number of amides is 1. The number of carbonyl (C=O) groups excluding carboxylic acids is 1. The Morgan fingerprint density at radius 1 is 1.00 bits per heavy atom. The fraction of sp³-hybridized carbons (Fsp3) is 0.208. The monoisotopic (exact) mass is 389 g/mol. The van der Waals surface area contributed by atoms with E-state index >= 15 is 0 Å². The second-order valence-corrected chi connectivity index (χ2v) is 7.06. The Morgan fingerprint density at radius 2 is 1.66 bits per heavy atom. The molecule has 0 atom stereocenters. The molecule has 0 spiro atoms. The summed E-state index contributed by atoms with van der Waals surface area (Å²) in [6, 6.07) is 21.9. The number of fused-ring (bicyclic) bond motifs is 3. The molecule has 1 aliphatic carbocycles. The van der Waals surface area contributed by atoms with Gasteiger partial charge in [-0.2, -0.15) is 0 Å². The number of aliphatic hydroxyl groups excluding tert-OH is 1. The number of anilines is 1. The first-order valence-corrected chi connectivity index (χ1v) is 9.63. The summed E-state index contributed by atoms with van der Waals surface area (Å²) in [5.74, 6) is 0.613. The number of hydrogen-bond acceptors (Lipinski definition) is 4. The van der Waals surface area contributed by atoms with E-state index in [4.69, 9.17) is 14.6 Å². The van der Waals surface area contributed by atoms with E-state index in [1.165, 1.54) is 22.3 Å². The van der Waals surface area contributed by atoms with Crippen LogP contribution >= 0.6 is 0 Å². The average Bonchev–Trinajstić information content (AvgIpc) is 3.04. The molecule has 0 radical (unpaired) electrons. The molecule has 0 heterocycles. The summed E-state index contributed by atoms with van der Waals surface area (Å²) in [6.45, 7) is 2.31. The maximum absolute atomic E-state index is 12.4. The predicted octanol–water partition coefficient (Wildman–Crippen LogP) is 4.73. The first-order chi connectivity index (χ1) is 14.2. The van der Waals surface area contributed by atoms with E-state index in [0.717, 1.165) is 5.56 Å². The van der Waals surface area contributed by atoms with Crippen LogP contribution in [-0.4, -0.2) is 31.0 Å². The number of ether oxygens (including phenoxy) is 2. The number of aryl methyl sites for hydroxylation is 1. The Kier molecular flexibility index (Phi) is 5.49. The van der Waals surface area contributed by atoms with Gasteiger partial charge in [-0.1, -0.05) is 48.5 Å². The molecule has 0 unspecified atom stereocenters. The number of benzene rings is 3. The van der Waals surface area contributed by atoms with Crippen LogP contribution in [0.3, 0.4) is 0 Å². The van der Waals surface area contributed by atoms with Crippen LogP contribution in [-0.2, 0) is 4.74 Å². The van der Waals surface area contributed by atoms with Gasteiger partial charge in [0.25, 0.3) is 0 Å². The maximum Gasteiger partial charge on any atom is 0.411 e. The number of aliphatic hydroxyl groups is 1. The van der Waals surface area contributed by atoms with E-state index in [1.54, 1.807) is 6.07 Å². The van der Waals surface area contributed by atoms with Gasteiger partial charge in [0.1, 0.15) is 19.0 Å². The normalized spacial score (nSPS) is 12.2. The molecule has 0 aliphatic heterocycles. The summed E-state index contributed by atoms with van der Waals surface area (Å²) in [7, 11) is 0. The van der Waals surface area contributed by atoms with Crippen molar-refractivity contribution in [3.8, 4) is 16.9 Å². The van der Waals surface area contributed by atoms with Crippen LogP contribution in [0, 0.1) is 6.92 Å². The lowest BCUT2D eigenvalue weighted by molar-refractivity contribution is 0.158. The summed E-state index contributed by atoms with van der Waals surface area (Å²) >= 11 is 0. The van der Waals surface area contributed by atoms with E-state index in [2.05, 4.69) is 29.6 Å². The van der Waals surface area contributed by atoms with Gasteiger partial charge in [0, 0.05) is 17.7 Å². The molecule has 4 rings (SSSR count). The van der Waals surface area contributed by atoms with Crippen molar-refractivity contribution in [1.82, 2.24) is 0 Å². The lowest BCUT2D eigenvalue weighted by Gasteiger charge is -2.15. The molecular weight excluding hydrogens is 366 g/mol. The molecule has 29 heavy (non-hydrogen) atoms. The minimum atomic E-state index is -0.509. The zero-order valence-corrected chi connectivity index (χ0v) is 16.2. The number of rotatable bonds is 6. The van der Waals surface area contributed by atoms with Crippen molar-refractivity contribution in [2.75, 3.05) is 25.1 Å². The Labute approximate surface area is 169 Å². The third-order valence-electron chi connectivity index (χ3n) is 5.00. The van der Waals surface area contributed by atoms with E-state index in [-0.39, 0.29) is 25.7 Å². The highest BCUT2D eigenvalue weighted by Gasteiger charge is 2.29. The molecule has 0 bridgehead atoms. The fourth-order valence-corrected chi connectivity index (χ4v) is 3.82. The number of hydrogen-bond donors (Lipinski definition) is 2. The zero-order valence-electron chi connectivity index (χ0n) is 16.2. The van der Waals surface area contributed by atoms with Gasteiger partial charge in [-0.05, 0) is 46.9 Å². The van der Waals surface area contributed by atoms with Gasteiger partial charge in [0.2, 0.25) is 0 Å². The van der Waals surface area contributed by atoms with Crippen LogP contribution in [0.1, 0.15) is 22.6 Å². The maximum atomic E-state index is 12.4. The molecular formula is C24H23NO4. The van der Waals surface area contributed by atoms with Crippen LogP contribution in [0.4, 0.5) is 10.5 Å². The zero-order chi connectivity index (χ0) is 20.2. The van der Waals surface area contributed by atoms with Gasteiger partial charge >= 0.3 is 6.09 Å². The molecule has 5 heteroatoms. The summed E-state index contributed by atoms with van der Waals surface area (Å²) in [4.78, 5) is 12.4. The van der Waals surface area contributed by atoms with Crippen molar-refractivity contribution in [2.24, 2.45) is 0 Å². The lowest BCUT2D eigenvalue weighted by atomic mass is 9.98. The van der Waals surface area contributed by atoms with Gasteiger partial charge in [-0.3, -0.25) is 5.32 Å². The molecule has 1 amide bonds. The molecule has 0 fully saturated rings. The third-order valence-corrected chi connectivity index (χ3v) is 5.00. The Morgan fingerprint density at radius 3 is 2.31 bits per heavy atom. The van der Waals surface area contributed by atoms with Crippen LogP contribution in [0.25, 0.3) is 11.1 Å². The van der Waals surface area contributed by atoms with Crippen LogP contribution in [0.5, 0.6) is 5.75 Å². The molecule has 0 saturated carbocycles. The van der Waals surface area contributed by atoms with Crippen LogP contribution < -0.4 is 10.1 Å². The lowest BCUT2D eigenvalue weighted by Crippen LogP contribution is -2.18. The molecule has 5 nitrogen and oxygen atoms in total. The van der Waals surface area contributed by atoms with E-state index in [1.807, 2.05) is 43.3 Å². The molecule has 1 aliphatic rings. The SMILES string of the molecule is Cc1cc(NC(=O)OCC2c3ccccc3-c3ccccc32)cc(OCCO)c1. The molecule has 148 valence electrons. The summed E-state index contributed by atoms with van der Waals surface area (Å²) in [5, 5.41) is 11.7. The first kappa shape index (κ1) is 19.0. The highest BCUT2D eigenvalue weighted by atomic mass is 16.5. The highest BCUT2D eigenvalue weighted by Crippen LogP contribution is 2.44. The van der Waals surface area contributed by atoms with Crippen LogP contribution in [0.15, 0.2) is 66.7 Å². The highest BCUT2D eigenvalue weighted by molar-refractivity contribution is 5.85. The quantitative estimate of drug-likeness (QED) is 0.640. The van der Waals surface area contributed by atoms with Crippen LogP contribution in [0.2, 0.25) is 0 Å². The summed E-state index contributed by atoms with van der Waals surface area (Å²) in [5.41, 5.74) is 6.28. The van der Waals surface area contributed by atoms with Crippen molar-refractivity contribution in [1.29, 1.82) is 0 Å². The summed E-state index contributed by atoms with van der Waals surface area (Å²) < 4.78 is 11.0. The smallest absolute Gasteiger partial charge is 0.411 e. The van der Waals surface area contributed by atoms with Crippen molar-refractivity contribution in [3.05, 3.63) is 83.4 Å². The Bertz CT molecular complexity index is 985. The number of carbonyl (C=O) groups is 1. The minimum Gasteiger partial charge on any atom is -0.491 e. The molecule has 3 aromatic rings. The van der Waals surface area contributed by atoms with Gasteiger partial charge in [0.15, 0.2) is 0 Å². The van der Waals surface area contributed by atoms with Crippen molar-refractivity contribution in [2.45, 2.75) is 12.8 Å². The molecule has 3 aromatic carbocycles. The minimum absolute atomic E-state index is 0.0223. The van der Waals surface area contributed by atoms with Crippen molar-refractivity contribution in [3.63, 3.8) is 0 Å². The van der Waals surface area contributed by atoms with Gasteiger partial charge < -0.3 is 14.6 Å². The fourth-order valence-electron chi connectivity index (χ4n) is 3.82. The number of nitrogens with one attached hydrogen (secondary N) is 1.